The van der Waals surface area contributed by atoms with Crippen molar-refractivity contribution in [2.45, 2.75) is 33.7 Å². The van der Waals surface area contributed by atoms with Crippen LogP contribution in [0.5, 0.6) is 0 Å². The summed E-state index contributed by atoms with van der Waals surface area (Å²) >= 11 is 0. The molecule has 0 amide bonds. The maximum absolute atomic E-state index is 4.89. The fourth-order valence-corrected chi connectivity index (χ4v) is 1.48. The van der Waals surface area contributed by atoms with Gasteiger partial charge in [-0.15, -0.1) is 0 Å². The topological polar surface area (TPSA) is 76.7 Å². The minimum Gasteiger partial charge on any atom is -0.363 e. The molecule has 1 N–H and O–H groups in total. The summed E-state index contributed by atoms with van der Waals surface area (Å²) in [5.41, 5.74) is 1.02. The second-order valence-electron chi connectivity index (χ2n) is 3.73. The van der Waals surface area contributed by atoms with Gasteiger partial charge in [0.05, 0.1) is 6.54 Å². The number of hydrogen-bond donors (Lipinski definition) is 1. The lowest BCUT2D eigenvalue weighted by atomic mass is 10.3. The predicted molar refractivity (Wildman–Crippen MR) is 62.5 cm³/mol. The molecule has 2 aromatic rings. The first-order valence-electron chi connectivity index (χ1n) is 5.55. The molecule has 0 aliphatic heterocycles. The molecule has 0 spiro atoms. The number of hydrogen-bond acceptors (Lipinski definition) is 6. The Hall–Kier alpha value is -1.98. The van der Waals surface area contributed by atoms with Crippen LogP contribution in [-0.4, -0.2) is 20.1 Å². The zero-order valence-electron chi connectivity index (χ0n) is 10.2. The summed E-state index contributed by atoms with van der Waals surface area (Å²) in [5, 5.41) is 6.96. The van der Waals surface area contributed by atoms with E-state index in [1.165, 1.54) is 0 Å². The van der Waals surface area contributed by atoms with Crippen LogP contribution in [0.1, 0.15) is 30.2 Å². The highest BCUT2D eigenvalue weighted by molar-refractivity contribution is 5.36. The largest absolute Gasteiger partial charge is 0.363 e. The Labute approximate surface area is 99.5 Å². The normalized spacial score (nSPS) is 10.5. The van der Waals surface area contributed by atoms with E-state index in [4.69, 9.17) is 4.52 Å². The molecule has 0 saturated carbocycles. The first kappa shape index (κ1) is 11.5. The number of nitrogens with zero attached hydrogens (tertiary/aromatic N) is 4. The molecule has 0 atom stereocenters. The van der Waals surface area contributed by atoms with E-state index in [1.54, 1.807) is 6.92 Å². The fourth-order valence-electron chi connectivity index (χ4n) is 1.48. The summed E-state index contributed by atoms with van der Waals surface area (Å²) in [4.78, 5) is 12.7. The van der Waals surface area contributed by atoms with Crippen molar-refractivity contribution in [3.8, 4) is 0 Å². The molecule has 0 saturated heterocycles. The second kappa shape index (κ2) is 4.90. The summed E-state index contributed by atoms with van der Waals surface area (Å²) < 4.78 is 4.89. The Balaban J connectivity index is 2.05. The Morgan fingerprint density at radius 2 is 2.06 bits per heavy atom. The van der Waals surface area contributed by atoms with Crippen LogP contribution in [0.25, 0.3) is 0 Å². The van der Waals surface area contributed by atoms with Gasteiger partial charge in [0.2, 0.25) is 5.89 Å². The molecule has 0 radical (unpaired) electrons. The predicted octanol–water partition coefficient (Wildman–Crippen LogP) is 1.65. The van der Waals surface area contributed by atoms with Crippen molar-refractivity contribution in [2.75, 3.05) is 5.32 Å². The van der Waals surface area contributed by atoms with Gasteiger partial charge < -0.3 is 9.84 Å². The van der Waals surface area contributed by atoms with E-state index < -0.39 is 0 Å². The third-order valence-corrected chi connectivity index (χ3v) is 2.25. The molecule has 2 heterocycles. The smallest absolute Gasteiger partial charge is 0.223 e. The van der Waals surface area contributed by atoms with Gasteiger partial charge >= 0.3 is 0 Å². The van der Waals surface area contributed by atoms with Crippen molar-refractivity contribution in [2.24, 2.45) is 0 Å². The maximum Gasteiger partial charge on any atom is 0.223 e. The van der Waals surface area contributed by atoms with Crippen LogP contribution in [0, 0.1) is 13.8 Å². The van der Waals surface area contributed by atoms with Crippen molar-refractivity contribution in [1.82, 2.24) is 20.1 Å². The third-order valence-electron chi connectivity index (χ3n) is 2.25. The number of nitrogens with one attached hydrogen (secondary N) is 1. The van der Waals surface area contributed by atoms with Crippen LogP contribution in [0.4, 0.5) is 5.82 Å². The van der Waals surface area contributed by atoms with E-state index in [0.29, 0.717) is 18.3 Å². The molecule has 0 bridgehead atoms. The fraction of sp³-hybridized carbons (Fsp3) is 0.455. The van der Waals surface area contributed by atoms with Crippen molar-refractivity contribution < 1.29 is 4.52 Å². The van der Waals surface area contributed by atoms with Crippen molar-refractivity contribution in [3.05, 3.63) is 29.3 Å². The van der Waals surface area contributed by atoms with Gasteiger partial charge in [0.15, 0.2) is 5.82 Å². The lowest BCUT2D eigenvalue weighted by molar-refractivity contribution is 0.388. The zero-order valence-corrected chi connectivity index (χ0v) is 10.2. The van der Waals surface area contributed by atoms with E-state index in [9.17, 15) is 0 Å². The van der Waals surface area contributed by atoms with Gasteiger partial charge in [-0.3, -0.25) is 0 Å². The molecular formula is C11H15N5O. The molecule has 2 rings (SSSR count). The maximum atomic E-state index is 4.89. The van der Waals surface area contributed by atoms with Gasteiger partial charge in [0.25, 0.3) is 0 Å². The lowest BCUT2D eigenvalue weighted by Gasteiger charge is -2.05. The summed E-state index contributed by atoms with van der Waals surface area (Å²) in [7, 11) is 0. The van der Waals surface area contributed by atoms with E-state index >= 15 is 0 Å². The van der Waals surface area contributed by atoms with Gasteiger partial charge in [-0.2, -0.15) is 4.98 Å². The third kappa shape index (κ3) is 2.99. The Kier molecular flexibility index (Phi) is 3.32. The molecule has 0 aromatic carbocycles. The average Bonchev–Trinajstić information content (AvgIpc) is 2.72. The van der Waals surface area contributed by atoms with Gasteiger partial charge in [0, 0.05) is 18.7 Å². The Morgan fingerprint density at radius 3 is 2.71 bits per heavy atom. The van der Waals surface area contributed by atoms with Gasteiger partial charge in [-0.05, 0) is 13.3 Å². The molecule has 90 valence electrons. The zero-order chi connectivity index (χ0) is 12.3. The molecule has 6 nitrogen and oxygen atoms in total. The average molecular weight is 233 g/mol. The van der Waals surface area contributed by atoms with Crippen molar-refractivity contribution in [3.63, 3.8) is 0 Å². The molecule has 2 aromatic heterocycles. The molecule has 0 fully saturated rings. The number of aromatic nitrogens is 4. The molecule has 0 aliphatic carbocycles. The monoisotopic (exact) mass is 233 g/mol. The van der Waals surface area contributed by atoms with Gasteiger partial charge in [-0.25, -0.2) is 9.97 Å². The minimum absolute atomic E-state index is 0.497. The second-order valence-corrected chi connectivity index (χ2v) is 3.73. The lowest BCUT2D eigenvalue weighted by Crippen LogP contribution is -2.05. The summed E-state index contributed by atoms with van der Waals surface area (Å²) in [6, 6.07) is 1.93. The standard InChI is InChI=1S/C11H15N5O/c1-4-9-5-10(14-7(2)13-9)12-6-11-15-8(3)17-16-11/h5H,4,6H2,1-3H3,(H,12,13,14). The molecule has 17 heavy (non-hydrogen) atoms. The first-order chi connectivity index (χ1) is 8.17. The van der Waals surface area contributed by atoms with Crippen LogP contribution >= 0.6 is 0 Å². The highest BCUT2D eigenvalue weighted by Crippen LogP contribution is 2.08. The van der Waals surface area contributed by atoms with Crippen molar-refractivity contribution >= 4 is 5.82 Å². The first-order valence-corrected chi connectivity index (χ1v) is 5.55. The van der Waals surface area contributed by atoms with Crippen LogP contribution in [0.15, 0.2) is 10.6 Å². The summed E-state index contributed by atoms with van der Waals surface area (Å²) in [6.45, 7) is 6.20. The highest BCUT2D eigenvalue weighted by atomic mass is 16.5. The van der Waals surface area contributed by atoms with E-state index in [2.05, 4.69) is 32.3 Å². The Bertz CT molecular complexity index is 508. The number of anilines is 1. The van der Waals surface area contributed by atoms with Crippen LogP contribution < -0.4 is 5.32 Å². The number of rotatable bonds is 4. The summed E-state index contributed by atoms with van der Waals surface area (Å²) in [5.74, 6) is 2.74. The Morgan fingerprint density at radius 1 is 1.24 bits per heavy atom. The van der Waals surface area contributed by atoms with Crippen molar-refractivity contribution in [1.29, 1.82) is 0 Å². The SMILES string of the molecule is CCc1cc(NCc2noc(C)n2)nc(C)n1. The van der Waals surface area contributed by atoms with Crippen LogP contribution in [0.3, 0.4) is 0 Å². The van der Waals surface area contributed by atoms with Gasteiger partial charge in [0.1, 0.15) is 11.6 Å². The van der Waals surface area contributed by atoms with Crippen LogP contribution in [-0.2, 0) is 13.0 Å². The quantitative estimate of drug-likeness (QED) is 0.865. The highest BCUT2D eigenvalue weighted by Gasteiger charge is 2.04. The van der Waals surface area contributed by atoms with E-state index in [1.807, 2.05) is 13.0 Å². The molecule has 6 heteroatoms. The van der Waals surface area contributed by atoms with Crippen LogP contribution in [0.2, 0.25) is 0 Å². The van der Waals surface area contributed by atoms with E-state index in [-0.39, 0.29) is 0 Å². The van der Waals surface area contributed by atoms with Gasteiger partial charge in [-0.1, -0.05) is 12.1 Å². The van der Waals surface area contributed by atoms with E-state index in [0.717, 1.165) is 23.8 Å². The molecular weight excluding hydrogens is 218 g/mol. The minimum atomic E-state index is 0.497. The molecule has 0 unspecified atom stereocenters. The summed E-state index contributed by atoms with van der Waals surface area (Å²) in [6.07, 6.45) is 0.888. The molecule has 0 aliphatic rings. The number of aryl methyl sites for hydroxylation is 3.